The Bertz CT molecular complexity index is 1210. The molecule has 0 saturated carbocycles. The number of carbonyl (C=O) groups excluding carboxylic acids is 6. The number of aliphatic carboxylic acids is 1. The number of nitrogens with one attached hydrogen (secondary N) is 2. The molecule has 2 N–H and O–H groups in total. The van der Waals surface area contributed by atoms with Gasteiger partial charge in [-0.1, -0.05) is 30.3 Å². The van der Waals surface area contributed by atoms with E-state index >= 15 is 0 Å². The second kappa shape index (κ2) is 12.9. The van der Waals surface area contributed by atoms with E-state index in [1.807, 2.05) is 0 Å². The van der Waals surface area contributed by atoms with Crippen molar-refractivity contribution in [1.29, 1.82) is 0 Å². The molecule has 13 nitrogen and oxygen atoms in total. The smallest absolute Gasteiger partial charge is 0.543 e. The number of urea groups is 2. The third kappa shape index (κ3) is 6.24. The van der Waals surface area contributed by atoms with E-state index < -0.39 is 53.3 Å². The number of hydrogen-bond acceptors (Lipinski definition) is 9. The maximum atomic E-state index is 13.4. The summed E-state index contributed by atoms with van der Waals surface area (Å²) in [4.78, 5) is 78.2. The summed E-state index contributed by atoms with van der Waals surface area (Å²) in [6.07, 6.45) is 0. The third-order valence-corrected chi connectivity index (χ3v) is 7.71. The number of carbonyl (C=O) groups is 6. The van der Waals surface area contributed by atoms with Gasteiger partial charge in [0.2, 0.25) is 5.91 Å². The van der Waals surface area contributed by atoms with Crippen LogP contribution in [0.5, 0.6) is 0 Å². The largest absolute Gasteiger partial charge is 1.00 e. The van der Waals surface area contributed by atoms with Gasteiger partial charge < -0.3 is 30.2 Å². The number of benzene rings is 1. The summed E-state index contributed by atoms with van der Waals surface area (Å²) in [7, 11) is 0. The number of thioether (sulfide) groups is 1. The Morgan fingerprint density at radius 1 is 1.15 bits per heavy atom. The van der Waals surface area contributed by atoms with Crippen molar-refractivity contribution in [1.82, 2.24) is 25.3 Å². The summed E-state index contributed by atoms with van der Waals surface area (Å²) in [6.45, 7) is 3.66. The molecular weight excluding hydrogens is 541 g/mol. The number of rotatable bonds is 8. The molecule has 0 radical (unpaired) electrons. The Kier molecular flexibility index (Phi) is 10.0. The molecule has 15 heteroatoms. The summed E-state index contributed by atoms with van der Waals surface area (Å²) in [5.41, 5.74) is 0.257. The van der Waals surface area contributed by atoms with E-state index in [2.05, 4.69) is 10.6 Å². The van der Waals surface area contributed by atoms with E-state index in [1.165, 1.54) is 23.6 Å². The molecule has 2 fully saturated rings. The number of ether oxygens (including phenoxy) is 1. The minimum absolute atomic E-state index is 0. The molecule has 3 heterocycles. The van der Waals surface area contributed by atoms with Gasteiger partial charge in [0.15, 0.2) is 0 Å². The number of hydrogen-bond donors (Lipinski definition) is 2. The van der Waals surface area contributed by atoms with Gasteiger partial charge in [0, 0.05) is 37.9 Å². The summed E-state index contributed by atoms with van der Waals surface area (Å²) < 4.78 is 4.90. The number of imide groups is 1. The number of carboxylic acids is 1. The molecule has 2 unspecified atom stereocenters. The molecule has 0 aromatic heterocycles. The van der Waals surface area contributed by atoms with Gasteiger partial charge in [-0.15, -0.1) is 11.8 Å². The zero-order valence-electron chi connectivity index (χ0n) is 21.7. The van der Waals surface area contributed by atoms with Crippen LogP contribution < -0.4 is 45.3 Å². The van der Waals surface area contributed by atoms with Crippen LogP contribution in [0.2, 0.25) is 0 Å². The average molecular weight is 568 g/mol. The first-order valence-electron chi connectivity index (χ1n) is 11.9. The number of fused-ring (bicyclic) bond motifs is 1. The maximum absolute atomic E-state index is 13.4. The first-order valence-corrected chi connectivity index (χ1v) is 12.9. The van der Waals surface area contributed by atoms with Crippen LogP contribution in [0.1, 0.15) is 25.5 Å². The van der Waals surface area contributed by atoms with Crippen molar-refractivity contribution in [2.75, 3.05) is 32.0 Å². The Hall–Kier alpha value is -3.07. The first-order chi connectivity index (χ1) is 18.1. The van der Waals surface area contributed by atoms with E-state index in [0.29, 0.717) is 18.7 Å². The van der Waals surface area contributed by atoms with E-state index in [1.54, 1.807) is 37.3 Å². The Morgan fingerprint density at radius 3 is 2.44 bits per heavy atom. The molecule has 0 aliphatic carbocycles. The monoisotopic (exact) mass is 567 g/mol. The second-order valence-electron chi connectivity index (χ2n) is 8.72. The van der Waals surface area contributed by atoms with Gasteiger partial charge in [-0.3, -0.25) is 19.3 Å². The molecule has 202 valence electrons. The predicted octanol–water partition coefficient (Wildman–Crippen LogP) is -3.83. The van der Waals surface area contributed by atoms with Crippen molar-refractivity contribution < 1.29 is 68.2 Å². The molecule has 0 spiro atoms. The van der Waals surface area contributed by atoms with Gasteiger partial charge in [0.05, 0.1) is 11.7 Å². The van der Waals surface area contributed by atoms with Crippen LogP contribution in [0.3, 0.4) is 0 Å². The van der Waals surface area contributed by atoms with E-state index in [0.717, 1.165) is 9.80 Å². The van der Waals surface area contributed by atoms with Crippen LogP contribution in [-0.4, -0.2) is 93.9 Å². The molecule has 4 rings (SSSR count). The maximum Gasteiger partial charge on any atom is 1.00 e. The number of amides is 6. The number of likely N-dealkylation sites (N-methyl/N-ethyl adjacent to an activating group) is 1. The fourth-order valence-corrected chi connectivity index (χ4v) is 5.75. The summed E-state index contributed by atoms with van der Waals surface area (Å²) in [5, 5.41) is 16.3. The molecule has 1 aromatic rings. The van der Waals surface area contributed by atoms with Crippen molar-refractivity contribution in [2.24, 2.45) is 0 Å². The van der Waals surface area contributed by atoms with Gasteiger partial charge >= 0.3 is 47.6 Å². The Balaban J connectivity index is 0.00000420. The first kappa shape index (κ1) is 30.5. The van der Waals surface area contributed by atoms with Gasteiger partial charge in [-0.05, 0) is 12.5 Å². The molecule has 3 aliphatic rings. The standard InChI is InChI=1S/C24H27N5O8S.Na/c1-3-27-9-10-28(24(27)36)23(35)26-16(14-7-5-4-6-8-14)19(31)25-17-20(32)29-18(22(33)34)15(11-37-13(2)30)12-38-21(17)29;/h4-8,16-17,21H,3,9-12H2,1-2H3,(H,25,31)(H,26,35)(H,33,34);/q;+1/p-1/t16?,17?,21-;/m0./s1. The summed E-state index contributed by atoms with van der Waals surface area (Å²) in [5.74, 6) is -3.44. The minimum Gasteiger partial charge on any atom is -0.543 e. The summed E-state index contributed by atoms with van der Waals surface area (Å²) >= 11 is 1.20. The zero-order valence-corrected chi connectivity index (χ0v) is 24.5. The van der Waals surface area contributed by atoms with Crippen LogP contribution in [0, 0.1) is 0 Å². The normalized spacial score (nSPS) is 20.9. The van der Waals surface area contributed by atoms with Crippen molar-refractivity contribution in [3.05, 3.63) is 47.2 Å². The molecule has 39 heavy (non-hydrogen) atoms. The topological polar surface area (TPSA) is 168 Å². The van der Waals surface area contributed by atoms with Crippen molar-refractivity contribution in [3.8, 4) is 0 Å². The van der Waals surface area contributed by atoms with Crippen LogP contribution in [0.4, 0.5) is 9.59 Å². The van der Waals surface area contributed by atoms with Crippen LogP contribution in [0.15, 0.2) is 41.6 Å². The third-order valence-electron chi connectivity index (χ3n) is 6.37. The fourth-order valence-electron chi connectivity index (χ4n) is 4.42. The number of β-lactam (4-membered cyclic amide) rings is 1. The fraction of sp³-hybridized carbons (Fsp3) is 0.417. The van der Waals surface area contributed by atoms with Crippen molar-refractivity contribution >= 4 is 47.6 Å². The molecule has 0 bridgehead atoms. The molecule has 3 aliphatic heterocycles. The van der Waals surface area contributed by atoms with E-state index in [-0.39, 0.29) is 59.7 Å². The van der Waals surface area contributed by atoms with Gasteiger partial charge in [-0.25, -0.2) is 14.5 Å². The Labute approximate surface area is 250 Å². The number of carboxylic acid groups (broad SMARTS) is 1. The van der Waals surface area contributed by atoms with Crippen LogP contribution in [0.25, 0.3) is 0 Å². The molecule has 6 amide bonds. The quantitative estimate of drug-likeness (QED) is 0.182. The molecule has 3 atom stereocenters. The predicted molar refractivity (Wildman–Crippen MR) is 131 cm³/mol. The van der Waals surface area contributed by atoms with Crippen LogP contribution >= 0.6 is 11.8 Å². The number of nitrogens with zero attached hydrogens (tertiary/aromatic N) is 3. The molecule has 1 aromatic carbocycles. The zero-order chi connectivity index (χ0) is 27.6. The molecule has 2 saturated heterocycles. The van der Waals surface area contributed by atoms with Gasteiger partial charge in [0.1, 0.15) is 24.1 Å². The SMILES string of the molecule is CCN1CCN(C(=O)NC(C(=O)NC2C(=O)N3C(C(=O)[O-])=C(COC(C)=O)CS[C@@H]23)c2ccccc2)C1=O.[Na+]. The Morgan fingerprint density at radius 2 is 1.85 bits per heavy atom. The average Bonchev–Trinajstić information content (AvgIpc) is 3.28. The summed E-state index contributed by atoms with van der Waals surface area (Å²) in [6, 6.07) is 4.83. The number of esters is 1. The van der Waals surface area contributed by atoms with E-state index in [9.17, 15) is 33.9 Å². The second-order valence-corrected chi connectivity index (χ2v) is 9.83. The van der Waals surface area contributed by atoms with Crippen molar-refractivity contribution in [2.45, 2.75) is 31.3 Å². The van der Waals surface area contributed by atoms with Gasteiger partial charge in [0.25, 0.3) is 5.91 Å². The molecular formula is C24H26N5NaO8S. The van der Waals surface area contributed by atoms with E-state index in [4.69, 9.17) is 4.74 Å². The van der Waals surface area contributed by atoms with Crippen molar-refractivity contribution in [3.63, 3.8) is 0 Å². The minimum atomic E-state index is -1.60. The van der Waals surface area contributed by atoms with Gasteiger partial charge in [-0.2, -0.15) is 0 Å². The van der Waals surface area contributed by atoms with Crippen LogP contribution in [-0.2, 0) is 23.9 Å².